The number of hydrogen-bond donors (Lipinski definition) is 3. The second-order valence-electron chi connectivity index (χ2n) is 5.51. The van der Waals surface area contributed by atoms with Crippen LogP contribution < -0.4 is 15.4 Å². The highest BCUT2D eigenvalue weighted by atomic mass is 127. The van der Waals surface area contributed by atoms with Crippen molar-refractivity contribution in [1.29, 1.82) is 0 Å². The summed E-state index contributed by atoms with van der Waals surface area (Å²) in [5, 5.41) is 19.8. The molecule has 0 aliphatic heterocycles. The number of methoxy groups -OCH3 is 1. The van der Waals surface area contributed by atoms with Crippen LogP contribution in [-0.2, 0) is 12.8 Å². The van der Waals surface area contributed by atoms with Gasteiger partial charge in [-0.2, -0.15) is 0 Å². The molecule has 1 aromatic carbocycles. The number of nitrogens with zero attached hydrogens (tertiary/aromatic N) is 2. The normalized spacial score (nSPS) is 11.0. The Morgan fingerprint density at radius 2 is 2.12 bits per heavy atom. The maximum Gasteiger partial charge on any atom is 0.191 e. The summed E-state index contributed by atoms with van der Waals surface area (Å²) in [7, 11) is 1.55. The number of phenolic OH excluding ortho intramolecular Hbond substituents is 1. The van der Waals surface area contributed by atoms with Gasteiger partial charge in [-0.15, -0.1) is 35.3 Å². The smallest absolute Gasteiger partial charge is 0.191 e. The van der Waals surface area contributed by atoms with E-state index in [4.69, 9.17) is 4.74 Å². The molecule has 1 heterocycles. The number of ether oxygens (including phenoxy) is 1. The summed E-state index contributed by atoms with van der Waals surface area (Å²) >= 11 is 1.66. The Balaban J connectivity index is 0.00000338. The minimum absolute atomic E-state index is 0. The minimum Gasteiger partial charge on any atom is -0.504 e. The first-order valence-corrected chi connectivity index (χ1v) is 9.30. The maximum atomic E-state index is 10.1. The fraction of sp³-hybridized carbons (Fsp3) is 0.444. The van der Waals surface area contributed by atoms with Gasteiger partial charge in [0.25, 0.3) is 0 Å². The molecule has 2 aromatic rings. The lowest BCUT2D eigenvalue weighted by atomic mass is 10.1. The van der Waals surface area contributed by atoms with E-state index in [1.807, 2.05) is 26.0 Å². The van der Waals surface area contributed by atoms with Crippen LogP contribution in [0.1, 0.15) is 23.2 Å². The number of phenols is 1. The van der Waals surface area contributed by atoms with Crippen molar-refractivity contribution in [2.24, 2.45) is 4.99 Å². The number of aromatic nitrogens is 1. The lowest BCUT2D eigenvalue weighted by Gasteiger charge is -2.12. The zero-order valence-electron chi connectivity index (χ0n) is 15.4. The maximum absolute atomic E-state index is 10.1. The van der Waals surface area contributed by atoms with Crippen LogP contribution >= 0.6 is 35.3 Å². The van der Waals surface area contributed by atoms with Gasteiger partial charge in [0.2, 0.25) is 0 Å². The molecule has 0 bridgehead atoms. The second kappa shape index (κ2) is 11.9. The summed E-state index contributed by atoms with van der Waals surface area (Å²) in [5.74, 6) is 1.47. The molecule has 26 heavy (non-hydrogen) atoms. The van der Waals surface area contributed by atoms with Gasteiger partial charge in [0.15, 0.2) is 17.5 Å². The number of thiazole rings is 1. The van der Waals surface area contributed by atoms with Gasteiger partial charge in [0.05, 0.1) is 17.8 Å². The molecule has 2 rings (SSSR count). The quantitative estimate of drug-likeness (QED) is 0.301. The van der Waals surface area contributed by atoms with Gasteiger partial charge < -0.3 is 20.5 Å². The van der Waals surface area contributed by atoms with Crippen molar-refractivity contribution in [2.75, 3.05) is 26.7 Å². The second-order valence-corrected chi connectivity index (χ2v) is 6.58. The summed E-state index contributed by atoms with van der Waals surface area (Å²) in [4.78, 5) is 9.03. The van der Waals surface area contributed by atoms with Gasteiger partial charge in [0.1, 0.15) is 0 Å². The number of halogens is 1. The van der Waals surface area contributed by atoms with Gasteiger partial charge in [-0.3, -0.25) is 4.99 Å². The first kappa shape index (κ1) is 22.5. The fourth-order valence-electron chi connectivity index (χ4n) is 2.40. The molecule has 0 fully saturated rings. The summed E-state index contributed by atoms with van der Waals surface area (Å²) < 4.78 is 5.14. The third kappa shape index (κ3) is 6.99. The zero-order valence-corrected chi connectivity index (χ0v) is 18.6. The van der Waals surface area contributed by atoms with Crippen molar-refractivity contribution in [3.63, 3.8) is 0 Å². The van der Waals surface area contributed by atoms with Crippen molar-refractivity contribution in [3.8, 4) is 11.5 Å². The standard InChI is InChI=1S/C18H26N4O2S.HI/c1-4-19-18(21-11-9-15-12-25-13(2)22-15)20-10-8-14-6-5-7-16(24-3)17(14)23;/h5-7,12,23H,4,8-11H2,1-3H3,(H2,19,20,21);1H. The Bertz CT molecular complexity index is 706. The van der Waals surface area contributed by atoms with Gasteiger partial charge in [0, 0.05) is 31.4 Å². The van der Waals surface area contributed by atoms with Crippen LogP contribution in [0.5, 0.6) is 11.5 Å². The first-order chi connectivity index (χ1) is 12.1. The van der Waals surface area contributed by atoms with Crippen LogP contribution in [-0.4, -0.2) is 42.8 Å². The van der Waals surface area contributed by atoms with Crippen LogP contribution in [0.3, 0.4) is 0 Å². The summed E-state index contributed by atoms with van der Waals surface area (Å²) in [6.45, 7) is 6.20. The molecular weight excluding hydrogens is 463 g/mol. The van der Waals surface area contributed by atoms with E-state index in [0.29, 0.717) is 25.3 Å². The number of aryl methyl sites for hydroxylation is 1. The van der Waals surface area contributed by atoms with Crippen LogP contribution in [0.15, 0.2) is 28.6 Å². The summed E-state index contributed by atoms with van der Waals surface area (Å²) in [6.07, 6.45) is 1.51. The third-order valence-corrected chi connectivity index (χ3v) is 4.46. The van der Waals surface area contributed by atoms with Crippen LogP contribution in [0.4, 0.5) is 0 Å². The topological polar surface area (TPSA) is 78.8 Å². The molecule has 0 radical (unpaired) electrons. The number of benzene rings is 1. The van der Waals surface area contributed by atoms with Crippen molar-refractivity contribution >= 4 is 41.3 Å². The molecule has 0 aliphatic carbocycles. The van der Waals surface area contributed by atoms with E-state index in [2.05, 4.69) is 26.0 Å². The fourth-order valence-corrected chi connectivity index (χ4v) is 3.04. The Morgan fingerprint density at radius 1 is 1.31 bits per heavy atom. The average molecular weight is 490 g/mol. The Kier molecular flexibility index (Phi) is 10.3. The van der Waals surface area contributed by atoms with E-state index in [-0.39, 0.29) is 29.7 Å². The number of hydrogen-bond acceptors (Lipinski definition) is 5. The first-order valence-electron chi connectivity index (χ1n) is 8.42. The molecule has 8 heteroatoms. The van der Waals surface area contributed by atoms with E-state index in [1.54, 1.807) is 24.5 Å². The minimum atomic E-state index is 0. The Labute approximate surface area is 176 Å². The van der Waals surface area contributed by atoms with Gasteiger partial charge in [-0.05, 0) is 31.9 Å². The molecule has 0 aliphatic rings. The molecule has 0 amide bonds. The Hall–Kier alpha value is -1.55. The van der Waals surface area contributed by atoms with Crippen molar-refractivity contribution in [2.45, 2.75) is 26.7 Å². The molecule has 3 N–H and O–H groups in total. The number of aromatic hydroxyl groups is 1. The number of guanidine groups is 1. The van der Waals surface area contributed by atoms with Crippen LogP contribution in [0.25, 0.3) is 0 Å². The molecule has 1 aromatic heterocycles. The van der Waals surface area contributed by atoms with Crippen LogP contribution in [0.2, 0.25) is 0 Å². The van der Waals surface area contributed by atoms with Crippen molar-refractivity contribution in [3.05, 3.63) is 39.8 Å². The predicted molar refractivity (Wildman–Crippen MR) is 118 cm³/mol. The highest BCUT2D eigenvalue weighted by Crippen LogP contribution is 2.29. The highest BCUT2D eigenvalue weighted by molar-refractivity contribution is 14.0. The molecule has 0 spiro atoms. The lowest BCUT2D eigenvalue weighted by molar-refractivity contribution is 0.370. The van der Waals surface area contributed by atoms with E-state index >= 15 is 0 Å². The van der Waals surface area contributed by atoms with Gasteiger partial charge >= 0.3 is 0 Å². The molecule has 0 unspecified atom stereocenters. The molecule has 0 saturated carbocycles. The monoisotopic (exact) mass is 490 g/mol. The van der Waals surface area contributed by atoms with E-state index in [1.165, 1.54) is 0 Å². The van der Waals surface area contributed by atoms with Crippen molar-refractivity contribution < 1.29 is 9.84 Å². The van der Waals surface area contributed by atoms with E-state index < -0.39 is 0 Å². The average Bonchev–Trinajstić information content (AvgIpc) is 3.01. The summed E-state index contributed by atoms with van der Waals surface area (Å²) in [6, 6.07) is 5.52. The zero-order chi connectivity index (χ0) is 18.1. The van der Waals surface area contributed by atoms with Gasteiger partial charge in [-0.25, -0.2) is 4.98 Å². The SMILES string of the molecule is CCNC(=NCCc1csc(C)n1)NCCc1cccc(OC)c1O.I. The number of nitrogens with one attached hydrogen (secondary N) is 2. The van der Waals surface area contributed by atoms with E-state index in [9.17, 15) is 5.11 Å². The Morgan fingerprint density at radius 3 is 2.77 bits per heavy atom. The molecule has 6 nitrogen and oxygen atoms in total. The molecule has 0 saturated heterocycles. The van der Waals surface area contributed by atoms with Crippen LogP contribution in [0, 0.1) is 6.92 Å². The lowest BCUT2D eigenvalue weighted by Crippen LogP contribution is -2.38. The molecule has 144 valence electrons. The number of aliphatic imine (C=N–C) groups is 1. The van der Waals surface area contributed by atoms with E-state index in [0.717, 1.165) is 35.2 Å². The molecule has 0 atom stereocenters. The largest absolute Gasteiger partial charge is 0.504 e. The van der Waals surface area contributed by atoms with Crippen molar-refractivity contribution in [1.82, 2.24) is 15.6 Å². The number of para-hydroxylation sites is 1. The van der Waals surface area contributed by atoms with Gasteiger partial charge in [-0.1, -0.05) is 12.1 Å². The third-order valence-electron chi connectivity index (χ3n) is 3.64. The number of rotatable bonds is 8. The predicted octanol–water partition coefficient (Wildman–Crippen LogP) is 3.12. The highest BCUT2D eigenvalue weighted by Gasteiger charge is 2.07. The summed E-state index contributed by atoms with van der Waals surface area (Å²) in [5.41, 5.74) is 1.93. The molecular formula is C18H27IN4O2S.